The maximum Gasteiger partial charge on any atom is 0.138 e. The lowest BCUT2D eigenvalue weighted by molar-refractivity contribution is 0.804. The Labute approximate surface area is 254 Å². The highest BCUT2D eigenvalue weighted by atomic mass is 15.1. The molecule has 1 aliphatic carbocycles. The summed E-state index contributed by atoms with van der Waals surface area (Å²) in [6.07, 6.45) is 9.49. The molecule has 44 heavy (non-hydrogen) atoms. The van der Waals surface area contributed by atoms with E-state index < -0.39 is 0 Å². The topological polar surface area (TPSA) is 35.6 Å². The van der Waals surface area contributed by atoms with Crippen LogP contribution in [0.3, 0.4) is 0 Å². The summed E-state index contributed by atoms with van der Waals surface area (Å²) in [6.45, 7) is 0. The molecule has 0 saturated heterocycles. The summed E-state index contributed by atoms with van der Waals surface area (Å²) in [5.74, 6) is 1.15. The SMILES string of the molecule is C1=CC(c2ccccn2)CC(n2c3ccccc3c3cc4c(cc32)c2ccccc2n4-c2cccc(-c3ccccc3)n2)=C1. The molecule has 4 aromatic carbocycles. The van der Waals surface area contributed by atoms with Crippen LogP contribution in [0, 0.1) is 0 Å². The van der Waals surface area contributed by atoms with Crippen molar-refractivity contribution in [1.29, 1.82) is 0 Å². The summed E-state index contributed by atoms with van der Waals surface area (Å²) >= 11 is 0. The molecule has 0 bridgehead atoms. The molecule has 1 atom stereocenters. The number of para-hydroxylation sites is 2. The molecule has 4 heterocycles. The van der Waals surface area contributed by atoms with Gasteiger partial charge in [-0.2, -0.15) is 0 Å². The molecule has 0 radical (unpaired) electrons. The molecule has 0 amide bonds. The van der Waals surface area contributed by atoms with Gasteiger partial charge < -0.3 is 4.57 Å². The predicted molar refractivity (Wildman–Crippen MR) is 182 cm³/mol. The molecule has 0 aliphatic heterocycles. The van der Waals surface area contributed by atoms with Crippen molar-refractivity contribution in [3.63, 3.8) is 0 Å². The molecule has 1 aliphatic rings. The van der Waals surface area contributed by atoms with E-state index in [2.05, 4.69) is 148 Å². The minimum Gasteiger partial charge on any atom is -0.313 e. The first-order valence-electron chi connectivity index (χ1n) is 15.1. The average molecular weight is 565 g/mol. The van der Waals surface area contributed by atoms with Crippen LogP contribution < -0.4 is 0 Å². The Morgan fingerprint density at radius 3 is 2.00 bits per heavy atom. The fourth-order valence-electron chi connectivity index (χ4n) is 6.93. The van der Waals surface area contributed by atoms with Crippen molar-refractivity contribution in [2.45, 2.75) is 12.3 Å². The molecule has 0 fully saturated rings. The molecule has 0 spiro atoms. The zero-order valence-electron chi connectivity index (χ0n) is 24.0. The Morgan fingerprint density at radius 2 is 1.25 bits per heavy atom. The summed E-state index contributed by atoms with van der Waals surface area (Å²) in [7, 11) is 0. The number of allylic oxidation sites excluding steroid dienone is 4. The van der Waals surface area contributed by atoms with Crippen molar-refractivity contribution >= 4 is 49.3 Å². The third kappa shape index (κ3) is 3.85. The highest BCUT2D eigenvalue weighted by Crippen LogP contribution is 2.41. The summed E-state index contributed by atoms with van der Waals surface area (Å²) in [6, 6.07) is 45.1. The van der Waals surface area contributed by atoms with Gasteiger partial charge in [-0.15, -0.1) is 0 Å². The molecule has 0 saturated carbocycles. The number of rotatable bonds is 4. The summed E-state index contributed by atoms with van der Waals surface area (Å²) in [5.41, 5.74) is 9.19. The van der Waals surface area contributed by atoms with Crippen molar-refractivity contribution in [3.8, 4) is 17.1 Å². The minimum absolute atomic E-state index is 0.237. The van der Waals surface area contributed by atoms with Crippen LogP contribution in [0.2, 0.25) is 0 Å². The van der Waals surface area contributed by atoms with Crippen LogP contribution in [0.25, 0.3) is 66.4 Å². The number of hydrogen-bond acceptors (Lipinski definition) is 2. The van der Waals surface area contributed by atoms with Crippen LogP contribution in [-0.4, -0.2) is 19.1 Å². The summed E-state index contributed by atoms with van der Waals surface area (Å²) in [4.78, 5) is 9.86. The number of benzene rings is 4. The van der Waals surface area contributed by atoms with E-state index in [0.717, 1.165) is 40.2 Å². The van der Waals surface area contributed by atoms with Gasteiger partial charge in [-0.1, -0.05) is 91.0 Å². The number of pyridine rings is 2. The Kier molecular flexibility index (Phi) is 5.60. The van der Waals surface area contributed by atoms with Gasteiger partial charge in [0.05, 0.1) is 27.8 Å². The largest absolute Gasteiger partial charge is 0.313 e. The second kappa shape index (κ2) is 9.92. The van der Waals surface area contributed by atoms with Crippen LogP contribution in [0.5, 0.6) is 0 Å². The van der Waals surface area contributed by atoms with Crippen molar-refractivity contribution in [2.75, 3.05) is 0 Å². The molecule has 0 N–H and O–H groups in total. The van der Waals surface area contributed by atoms with Crippen LogP contribution in [0.1, 0.15) is 18.0 Å². The van der Waals surface area contributed by atoms with Gasteiger partial charge in [0.1, 0.15) is 5.82 Å². The highest BCUT2D eigenvalue weighted by molar-refractivity contribution is 6.19. The fourth-order valence-corrected chi connectivity index (χ4v) is 6.93. The highest BCUT2D eigenvalue weighted by Gasteiger charge is 2.22. The fraction of sp³-hybridized carbons (Fsp3) is 0.0500. The first-order valence-corrected chi connectivity index (χ1v) is 15.1. The van der Waals surface area contributed by atoms with Crippen LogP contribution in [-0.2, 0) is 0 Å². The van der Waals surface area contributed by atoms with Crippen molar-refractivity contribution in [1.82, 2.24) is 19.1 Å². The minimum atomic E-state index is 0.237. The first-order chi connectivity index (χ1) is 21.8. The van der Waals surface area contributed by atoms with Crippen molar-refractivity contribution < 1.29 is 0 Å². The average Bonchev–Trinajstić information content (AvgIpc) is 3.60. The van der Waals surface area contributed by atoms with E-state index in [1.165, 1.54) is 38.3 Å². The third-order valence-electron chi connectivity index (χ3n) is 8.92. The van der Waals surface area contributed by atoms with Gasteiger partial charge in [0, 0.05) is 50.6 Å². The van der Waals surface area contributed by atoms with Crippen LogP contribution in [0.15, 0.2) is 152 Å². The number of hydrogen-bond donors (Lipinski definition) is 0. The number of nitrogens with zero attached hydrogens (tertiary/aromatic N) is 4. The molecule has 4 nitrogen and oxygen atoms in total. The zero-order valence-corrected chi connectivity index (χ0v) is 24.0. The van der Waals surface area contributed by atoms with Crippen LogP contribution in [0.4, 0.5) is 0 Å². The zero-order chi connectivity index (χ0) is 29.0. The van der Waals surface area contributed by atoms with Gasteiger partial charge >= 0.3 is 0 Å². The standard InChI is InChI=1S/C40H28N4/c1-2-12-27(13-3-1)35-19-11-22-40(42-35)44-37-21-7-5-17-31(37)33-25-38-32(26-39(33)44)30-16-4-6-20-36(30)43(38)29-15-10-14-28(24-29)34-18-8-9-23-41-34/h1-23,25-26,28H,24H2. The first kappa shape index (κ1) is 24.8. The van der Waals surface area contributed by atoms with Gasteiger partial charge in [-0.3, -0.25) is 9.55 Å². The normalized spacial score (nSPS) is 15.0. The lowest BCUT2D eigenvalue weighted by Gasteiger charge is -2.20. The maximum atomic E-state index is 5.18. The quantitative estimate of drug-likeness (QED) is 0.213. The monoisotopic (exact) mass is 564 g/mol. The molecular formula is C40H28N4. The predicted octanol–water partition coefficient (Wildman–Crippen LogP) is 9.93. The Hall–Kier alpha value is -5.74. The number of fused-ring (bicyclic) bond motifs is 6. The van der Waals surface area contributed by atoms with Gasteiger partial charge in [-0.05, 0) is 61.0 Å². The van der Waals surface area contributed by atoms with E-state index in [1.807, 2.05) is 18.3 Å². The number of aromatic nitrogens is 4. The maximum absolute atomic E-state index is 5.18. The van der Waals surface area contributed by atoms with Gasteiger partial charge in [0.25, 0.3) is 0 Å². The molecule has 4 heteroatoms. The van der Waals surface area contributed by atoms with Crippen molar-refractivity contribution in [2.24, 2.45) is 0 Å². The molecule has 208 valence electrons. The van der Waals surface area contributed by atoms with E-state index in [1.54, 1.807) is 0 Å². The molecule has 9 rings (SSSR count). The lowest BCUT2D eigenvalue weighted by Crippen LogP contribution is -2.07. The van der Waals surface area contributed by atoms with E-state index in [-0.39, 0.29) is 5.92 Å². The Bertz CT molecular complexity index is 2410. The second-order valence-electron chi connectivity index (χ2n) is 11.4. The van der Waals surface area contributed by atoms with E-state index in [4.69, 9.17) is 4.98 Å². The van der Waals surface area contributed by atoms with Gasteiger partial charge in [0.15, 0.2) is 0 Å². The molecule has 8 aromatic rings. The lowest BCUT2D eigenvalue weighted by atomic mass is 9.94. The van der Waals surface area contributed by atoms with Gasteiger partial charge in [-0.25, -0.2) is 4.98 Å². The van der Waals surface area contributed by atoms with Gasteiger partial charge in [0.2, 0.25) is 0 Å². The molecular weight excluding hydrogens is 536 g/mol. The van der Waals surface area contributed by atoms with E-state index >= 15 is 0 Å². The van der Waals surface area contributed by atoms with E-state index in [9.17, 15) is 0 Å². The molecule has 4 aromatic heterocycles. The summed E-state index contributed by atoms with van der Waals surface area (Å²) < 4.78 is 4.78. The van der Waals surface area contributed by atoms with Crippen LogP contribution >= 0.6 is 0 Å². The van der Waals surface area contributed by atoms with Crippen molar-refractivity contribution in [3.05, 3.63) is 158 Å². The Morgan fingerprint density at radius 1 is 0.568 bits per heavy atom. The second-order valence-corrected chi connectivity index (χ2v) is 11.4. The van der Waals surface area contributed by atoms with E-state index in [0.29, 0.717) is 0 Å². The third-order valence-corrected chi connectivity index (χ3v) is 8.92. The smallest absolute Gasteiger partial charge is 0.138 e. The Balaban J connectivity index is 1.29. The summed E-state index contributed by atoms with van der Waals surface area (Å²) in [5, 5.41) is 4.92. The molecule has 1 unspecified atom stereocenters.